The van der Waals surface area contributed by atoms with Crippen LogP contribution in [0.4, 0.5) is 5.69 Å². The van der Waals surface area contributed by atoms with Crippen LogP contribution in [-0.4, -0.2) is 50.5 Å². The topological polar surface area (TPSA) is 86.8 Å². The van der Waals surface area contributed by atoms with Crippen molar-refractivity contribution in [3.8, 4) is 0 Å². The van der Waals surface area contributed by atoms with Crippen molar-refractivity contribution in [3.63, 3.8) is 0 Å². The maximum Gasteiger partial charge on any atom is 0.244 e. The quantitative estimate of drug-likeness (QED) is 0.257. The monoisotopic (exact) mass is 603 g/mol. The van der Waals surface area contributed by atoms with Crippen molar-refractivity contribution in [2.45, 2.75) is 45.7 Å². The molecule has 7 nitrogen and oxygen atoms in total. The lowest BCUT2D eigenvalue weighted by atomic mass is 10.0. The highest BCUT2D eigenvalue weighted by Crippen LogP contribution is 2.25. The van der Waals surface area contributed by atoms with E-state index in [4.69, 9.17) is 23.2 Å². The molecule has 0 heterocycles. The lowest BCUT2D eigenvalue weighted by molar-refractivity contribution is -0.140. The predicted molar refractivity (Wildman–Crippen MR) is 162 cm³/mol. The van der Waals surface area contributed by atoms with Gasteiger partial charge >= 0.3 is 0 Å². The number of unbranched alkanes of at least 4 members (excludes halogenated alkanes) is 1. The SMILES string of the molecule is CCCCNC(=O)[C@@H](Cc1ccccc1)N(Cc1ccc(Cl)cc1Cl)C(=O)CN(c1ccc(C)cc1)S(C)(=O)=O. The lowest BCUT2D eigenvalue weighted by Crippen LogP contribution is -2.53. The molecule has 3 rings (SSSR count). The summed E-state index contributed by atoms with van der Waals surface area (Å²) >= 11 is 12.6. The number of nitrogens with zero attached hydrogens (tertiary/aromatic N) is 2. The van der Waals surface area contributed by atoms with E-state index >= 15 is 0 Å². The zero-order chi connectivity index (χ0) is 29.3. The highest BCUT2D eigenvalue weighted by molar-refractivity contribution is 7.92. The number of rotatable bonds is 13. The largest absolute Gasteiger partial charge is 0.354 e. The number of benzene rings is 3. The number of hydrogen-bond donors (Lipinski definition) is 1. The molecule has 1 N–H and O–H groups in total. The fourth-order valence-electron chi connectivity index (χ4n) is 4.22. The van der Waals surface area contributed by atoms with Gasteiger partial charge in [-0.2, -0.15) is 0 Å². The van der Waals surface area contributed by atoms with Gasteiger partial charge in [0.25, 0.3) is 0 Å². The molecule has 10 heteroatoms. The number of anilines is 1. The van der Waals surface area contributed by atoms with Gasteiger partial charge in [-0.15, -0.1) is 0 Å². The maximum atomic E-state index is 14.1. The van der Waals surface area contributed by atoms with Gasteiger partial charge in [0.2, 0.25) is 21.8 Å². The van der Waals surface area contributed by atoms with Crippen molar-refractivity contribution in [2.24, 2.45) is 0 Å². The van der Waals surface area contributed by atoms with Gasteiger partial charge in [0, 0.05) is 29.6 Å². The Morgan fingerprint density at radius 3 is 2.25 bits per heavy atom. The molecule has 0 aliphatic rings. The van der Waals surface area contributed by atoms with Crippen molar-refractivity contribution in [2.75, 3.05) is 23.7 Å². The Hall–Kier alpha value is -3.07. The number of halogens is 2. The van der Waals surface area contributed by atoms with Crippen LogP contribution in [0.25, 0.3) is 0 Å². The Kier molecular flexibility index (Phi) is 11.4. The van der Waals surface area contributed by atoms with Crippen LogP contribution in [0.2, 0.25) is 10.0 Å². The molecule has 0 bridgehead atoms. The first-order valence-electron chi connectivity index (χ1n) is 13.1. The summed E-state index contributed by atoms with van der Waals surface area (Å²) < 4.78 is 26.7. The molecule has 1 atom stereocenters. The Bertz CT molecular complexity index is 1400. The van der Waals surface area contributed by atoms with Gasteiger partial charge in [-0.05, 0) is 48.7 Å². The zero-order valence-electron chi connectivity index (χ0n) is 22.9. The van der Waals surface area contributed by atoms with E-state index in [2.05, 4.69) is 5.32 Å². The van der Waals surface area contributed by atoms with Gasteiger partial charge < -0.3 is 10.2 Å². The maximum absolute atomic E-state index is 14.1. The third-order valence-electron chi connectivity index (χ3n) is 6.46. The summed E-state index contributed by atoms with van der Waals surface area (Å²) in [7, 11) is -3.83. The normalized spacial score (nSPS) is 12.0. The van der Waals surface area contributed by atoms with Crippen LogP contribution in [0.5, 0.6) is 0 Å². The molecular formula is C30H35Cl2N3O4S. The zero-order valence-corrected chi connectivity index (χ0v) is 25.3. The van der Waals surface area contributed by atoms with Crippen molar-refractivity contribution < 1.29 is 18.0 Å². The fourth-order valence-corrected chi connectivity index (χ4v) is 5.54. The van der Waals surface area contributed by atoms with E-state index in [9.17, 15) is 18.0 Å². The van der Waals surface area contributed by atoms with E-state index in [0.717, 1.165) is 34.5 Å². The summed E-state index contributed by atoms with van der Waals surface area (Å²) in [6.07, 6.45) is 2.97. The number of hydrogen-bond acceptors (Lipinski definition) is 4. The minimum absolute atomic E-state index is 0.0148. The van der Waals surface area contributed by atoms with Crippen LogP contribution in [0.3, 0.4) is 0 Å². The second-order valence-corrected chi connectivity index (χ2v) is 12.5. The van der Waals surface area contributed by atoms with Crippen molar-refractivity contribution in [1.29, 1.82) is 0 Å². The number of carbonyl (C=O) groups excluding carboxylic acids is 2. The second kappa shape index (κ2) is 14.5. The van der Waals surface area contributed by atoms with Crippen molar-refractivity contribution in [1.82, 2.24) is 10.2 Å². The van der Waals surface area contributed by atoms with Crippen LogP contribution in [-0.2, 0) is 32.6 Å². The Balaban J connectivity index is 2.05. The molecule has 0 aliphatic heterocycles. The molecule has 3 aromatic rings. The molecule has 0 aromatic heterocycles. The van der Waals surface area contributed by atoms with E-state index in [1.165, 1.54) is 4.90 Å². The Morgan fingerprint density at radius 2 is 1.65 bits per heavy atom. The standard InChI is InChI=1S/C30H35Cl2N3O4S/c1-4-5-17-33-30(37)28(18-23-9-7-6-8-10-23)34(20-24-13-14-25(31)19-27(24)32)29(36)21-35(40(3,38)39)26-15-11-22(2)12-16-26/h6-16,19,28H,4-5,17-18,20-21H2,1-3H3,(H,33,37)/t28-/m1/s1. The molecule has 0 spiro atoms. The number of carbonyl (C=O) groups is 2. The molecule has 0 aliphatic carbocycles. The van der Waals surface area contributed by atoms with Crippen LogP contribution >= 0.6 is 23.2 Å². The van der Waals surface area contributed by atoms with E-state index < -0.39 is 28.5 Å². The molecule has 0 radical (unpaired) electrons. The first-order chi connectivity index (χ1) is 19.0. The Morgan fingerprint density at radius 1 is 0.975 bits per heavy atom. The van der Waals surface area contributed by atoms with E-state index in [0.29, 0.717) is 27.8 Å². The minimum Gasteiger partial charge on any atom is -0.354 e. The number of aryl methyl sites for hydroxylation is 1. The van der Waals surface area contributed by atoms with Gasteiger partial charge in [0.05, 0.1) is 11.9 Å². The van der Waals surface area contributed by atoms with Crippen molar-refractivity contribution >= 4 is 50.7 Å². The minimum atomic E-state index is -3.83. The predicted octanol–water partition coefficient (Wildman–Crippen LogP) is 5.62. The van der Waals surface area contributed by atoms with Crippen LogP contribution in [0.1, 0.15) is 36.5 Å². The fraction of sp³-hybridized carbons (Fsp3) is 0.333. The highest BCUT2D eigenvalue weighted by atomic mass is 35.5. The summed E-state index contributed by atoms with van der Waals surface area (Å²) in [5.41, 5.74) is 2.75. The summed E-state index contributed by atoms with van der Waals surface area (Å²) in [5, 5.41) is 3.73. The molecule has 0 fully saturated rings. The highest BCUT2D eigenvalue weighted by Gasteiger charge is 2.33. The Labute approximate surface area is 247 Å². The lowest BCUT2D eigenvalue weighted by Gasteiger charge is -2.33. The molecule has 214 valence electrons. The van der Waals surface area contributed by atoms with Crippen LogP contribution < -0.4 is 9.62 Å². The average Bonchev–Trinajstić information content (AvgIpc) is 2.91. The molecule has 2 amide bonds. The van der Waals surface area contributed by atoms with Gasteiger partial charge in [-0.1, -0.05) is 90.6 Å². The number of amides is 2. The van der Waals surface area contributed by atoms with Gasteiger partial charge in [0.1, 0.15) is 12.6 Å². The summed E-state index contributed by atoms with van der Waals surface area (Å²) in [4.78, 5) is 29.1. The molecule has 3 aromatic carbocycles. The summed E-state index contributed by atoms with van der Waals surface area (Å²) in [5.74, 6) is -0.861. The van der Waals surface area contributed by atoms with Gasteiger partial charge in [-0.25, -0.2) is 8.42 Å². The van der Waals surface area contributed by atoms with Gasteiger partial charge in [0.15, 0.2) is 0 Å². The van der Waals surface area contributed by atoms with Crippen LogP contribution in [0, 0.1) is 6.92 Å². The smallest absolute Gasteiger partial charge is 0.244 e. The van der Waals surface area contributed by atoms with Crippen LogP contribution in [0.15, 0.2) is 72.8 Å². The summed E-state index contributed by atoms with van der Waals surface area (Å²) in [6.45, 7) is 3.88. The first-order valence-corrected chi connectivity index (χ1v) is 15.7. The third-order valence-corrected chi connectivity index (χ3v) is 8.19. The average molecular weight is 605 g/mol. The third kappa shape index (κ3) is 8.98. The molecular weight excluding hydrogens is 569 g/mol. The second-order valence-electron chi connectivity index (χ2n) is 9.71. The number of nitrogens with one attached hydrogen (secondary N) is 1. The van der Waals surface area contributed by atoms with Crippen molar-refractivity contribution in [3.05, 3.63) is 99.5 Å². The molecule has 0 saturated heterocycles. The molecule has 40 heavy (non-hydrogen) atoms. The van der Waals surface area contributed by atoms with E-state index in [-0.39, 0.29) is 18.9 Å². The van der Waals surface area contributed by atoms with Gasteiger partial charge in [-0.3, -0.25) is 13.9 Å². The number of sulfonamides is 1. The van der Waals surface area contributed by atoms with E-state index in [1.807, 2.05) is 44.2 Å². The summed E-state index contributed by atoms with van der Waals surface area (Å²) in [6, 6.07) is 20.3. The van der Waals surface area contributed by atoms with E-state index in [1.54, 1.807) is 42.5 Å². The molecule has 0 saturated carbocycles. The molecule has 0 unspecified atom stereocenters. The first kappa shape index (κ1) is 31.5.